The molecule has 1 aliphatic carbocycles. The number of para-hydroxylation sites is 1. The number of amides is 3. The van der Waals surface area contributed by atoms with E-state index >= 15 is 0 Å². The van der Waals surface area contributed by atoms with Crippen molar-refractivity contribution in [1.82, 2.24) is 15.1 Å². The van der Waals surface area contributed by atoms with Gasteiger partial charge in [0.15, 0.2) is 0 Å². The van der Waals surface area contributed by atoms with E-state index in [-0.39, 0.29) is 23.8 Å². The first kappa shape index (κ1) is 24.6. The van der Waals surface area contributed by atoms with Gasteiger partial charge >= 0.3 is 0 Å². The molecule has 0 saturated heterocycles. The van der Waals surface area contributed by atoms with Crippen molar-refractivity contribution in [3.05, 3.63) is 94.2 Å². The number of hydrogen-bond acceptors (Lipinski definition) is 5. The summed E-state index contributed by atoms with van der Waals surface area (Å²) >= 11 is 4.41. The van der Waals surface area contributed by atoms with E-state index in [1.165, 1.54) is 4.68 Å². The van der Waals surface area contributed by atoms with E-state index in [0.29, 0.717) is 34.8 Å². The molecule has 9 heteroatoms. The first-order chi connectivity index (χ1) is 17.9. The lowest BCUT2D eigenvalue weighted by molar-refractivity contribution is -0.116. The van der Waals surface area contributed by atoms with Crippen LogP contribution in [-0.2, 0) is 11.8 Å². The molecule has 2 N–H and O–H groups in total. The van der Waals surface area contributed by atoms with Gasteiger partial charge in [-0.1, -0.05) is 18.2 Å². The number of allylic oxidation sites excluding steroid dienone is 1. The number of anilines is 2. The van der Waals surface area contributed by atoms with Crippen LogP contribution in [0.2, 0.25) is 0 Å². The van der Waals surface area contributed by atoms with Crippen molar-refractivity contribution >= 4 is 47.8 Å². The summed E-state index contributed by atoms with van der Waals surface area (Å²) in [5, 5.41) is 9.78. The van der Waals surface area contributed by atoms with Crippen LogP contribution in [0.4, 0.5) is 11.4 Å². The molecule has 0 unspecified atom stereocenters. The lowest BCUT2D eigenvalue weighted by atomic mass is 10.1. The summed E-state index contributed by atoms with van der Waals surface area (Å²) < 4.78 is 1.50. The minimum atomic E-state index is -0.276. The molecule has 1 aromatic heterocycles. The largest absolute Gasteiger partial charge is 0.349 e. The summed E-state index contributed by atoms with van der Waals surface area (Å²) in [5.41, 5.74) is 4.14. The molecule has 5 rings (SSSR count). The van der Waals surface area contributed by atoms with Crippen LogP contribution >= 0.6 is 12.6 Å². The third-order valence-corrected chi connectivity index (χ3v) is 6.68. The molecule has 0 atom stereocenters. The van der Waals surface area contributed by atoms with Crippen molar-refractivity contribution in [3.63, 3.8) is 0 Å². The van der Waals surface area contributed by atoms with Gasteiger partial charge in [0, 0.05) is 37.1 Å². The maximum absolute atomic E-state index is 13.6. The van der Waals surface area contributed by atoms with E-state index in [4.69, 9.17) is 0 Å². The maximum Gasteiger partial charge on any atom is 0.273 e. The number of aryl methyl sites for hydroxylation is 1. The summed E-state index contributed by atoms with van der Waals surface area (Å²) in [4.78, 5) is 40.5. The SMILES string of the molecule is Cn1nccc1C(=O)Nc1ccc(C(=O)N2CCC(/C=C(\S)C(=O)NC3CC3)=Cc3ccccc32)cc1. The first-order valence-electron chi connectivity index (χ1n) is 12.1. The van der Waals surface area contributed by atoms with Gasteiger partial charge in [-0.2, -0.15) is 5.10 Å². The molecule has 1 fully saturated rings. The molecule has 0 bridgehead atoms. The number of thiol groups is 1. The molecule has 1 saturated carbocycles. The van der Waals surface area contributed by atoms with E-state index in [2.05, 4.69) is 28.4 Å². The normalized spacial score (nSPS) is 15.4. The highest BCUT2D eigenvalue weighted by Gasteiger charge is 2.25. The molecule has 0 radical (unpaired) electrons. The fraction of sp³-hybridized carbons (Fsp3) is 0.214. The van der Waals surface area contributed by atoms with Crippen molar-refractivity contribution in [3.8, 4) is 0 Å². The first-order valence-corrected chi connectivity index (χ1v) is 12.6. The molecule has 1 aliphatic heterocycles. The number of benzene rings is 2. The minimum Gasteiger partial charge on any atom is -0.349 e. The Morgan fingerprint density at radius 3 is 2.51 bits per heavy atom. The van der Waals surface area contributed by atoms with E-state index in [0.717, 1.165) is 29.7 Å². The topological polar surface area (TPSA) is 96.3 Å². The standard InChI is InChI=1S/C28H27N5O3S/c1-32-24(12-14-29-32)26(34)30-21-8-6-19(7-9-21)28(36)33-15-13-18(16-20-4-2-3-5-23(20)33)17-25(37)27(35)31-22-10-11-22/h2-9,12,14,16-17,22,37H,10-11,13,15H2,1H3,(H,30,34)(H,31,35)/b25-17-. The van der Waals surface area contributed by atoms with E-state index < -0.39 is 0 Å². The fourth-order valence-corrected chi connectivity index (χ4v) is 4.42. The van der Waals surface area contributed by atoms with Gasteiger partial charge in [-0.15, -0.1) is 12.6 Å². The Hall–Kier alpha value is -4.11. The van der Waals surface area contributed by atoms with Crippen LogP contribution in [0.5, 0.6) is 0 Å². The van der Waals surface area contributed by atoms with Gasteiger partial charge in [0.2, 0.25) is 0 Å². The molecule has 2 aromatic carbocycles. The second-order valence-corrected chi connectivity index (χ2v) is 9.62. The number of carbonyl (C=O) groups excluding carboxylic acids is 3. The van der Waals surface area contributed by atoms with Crippen molar-refractivity contribution in [2.24, 2.45) is 7.05 Å². The number of aromatic nitrogens is 2. The van der Waals surface area contributed by atoms with Crippen LogP contribution in [0, 0.1) is 0 Å². The Balaban J connectivity index is 1.32. The number of carbonyl (C=O) groups is 3. The molecular formula is C28H27N5O3S. The molecule has 3 amide bonds. The van der Waals surface area contributed by atoms with Gasteiger partial charge in [0.25, 0.3) is 17.7 Å². The van der Waals surface area contributed by atoms with Gasteiger partial charge in [0.1, 0.15) is 5.69 Å². The highest BCUT2D eigenvalue weighted by atomic mass is 32.1. The van der Waals surface area contributed by atoms with Crippen LogP contribution in [-0.4, -0.2) is 40.1 Å². The quantitative estimate of drug-likeness (QED) is 0.340. The summed E-state index contributed by atoms with van der Waals surface area (Å²) in [6.07, 6.45) is 7.94. The highest BCUT2D eigenvalue weighted by molar-refractivity contribution is 7.85. The van der Waals surface area contributed by atoms with Crippen LogP contribution in [0.3, 0.4) is 0 Å². The molecule has 0 spiro atoms. The van der Waals surface area contributed by atoms with Crippen LogP contribution in [0.1, 0.15) is 45.7 Å². The summed E-state index contributed by atoms with van der Waals surface area (Å²) in [6, 6.07) is 16.4. The van der Waals surface area contributed by atoms with Crippen molar-refractivity contribution in [1.29, 1.82) is 0 Å². The summed E-state index contributed by atoms with van der Waals surface area (Å²) in [7, 11) is 1.70. The van der Waals surface area contributed by atoms with Crippen molar-refractivity contribution < 1.29 is 14.4 Å². The molecule has 8 nitrogen and oxygen atoms in total. The van der Waals surface area contributed by atoms with Gasteiger partial charge in [0.05, 0.1) is 10.6 Å². The Morgan fingerprint density at radius 1 is 1.05 bits per heavy atom. The minimum absolute atomic E-state index is 0.145. The zero-order valence-electron chi connectivity index (χ0n) is 20.3. The predicted molar refractivity (Wildman–Crippen MR) is 147 cm³/mol. The number of nitrogens with zero attached hydrogens (tertiary/aromatic N) is 3. The van der Waals surface area contributed by atoms with Crippen molar-refractivity contribution in [2.75, 3.05) is 16.8 Å². The third kappa shape index (κ3) is 5.67. The van der Waals surface area contributed by atoms with Crippen LogP contribution < -0.4 is 15.5 Å². The average Bonchev–Trinajstić information content (AvgIpc) is 3.64. The van der Waals surface area contributed by atoms with Gasteiger partial charge in [-0.05, 0) is 78.9 Å². The van der Waals surface area contributed by atoms with Gasteiger partial charge in [-0.25, -0.2) is 0 Å². The second-order valence-electron chi connectivity index (χ2n) is 9.13. The van der Waals surface area contributed by atoms with E-state index in [9.17, 15) is 14.4 Å². The van der Waals surface area contributed by atoms with Crippen LogP contribution in [0.15, 0.2) is 77.3 Å². The molecule has 3 aromatic rings. The molecule has 2 heterocycles. The smallest absolute Gasteiger partial charge is 0.273 e. The zero-order chi connectivity index (χ0) is 25.9. The van der Waals surface area contributed by atoms with Crippen molar-refractivity contribution in [2.45, 2.75) is 25.3 Å². The Morgan fingerprint density at radius 2 is 1.81 bits per heavy atom. The van der Waals surface area contributed by atoms with E-state index in [1.807, 2.05) is 30.3 Å². The van der Waals surface area contributed by atoms with E-state index in [1.54, 1.807) is 54.6 Å². The number of fused-ring (bicyclic) bond motifs is 1. The predicted octanol–water partition coefficient (Wildman–Crippen LogP) is 4.20. The summed E-state index contributed by atoms with van der Waals surface area (Å²) in [6.45, 7) is 0.447. The lowest BCUT2D eigenvalue weighted by Gasteiger charge is -2.23. The lowest BCUT2D eigenvalue weighted by Crippen LogP contribution is -2.32. The number of rotatable bonds is 6. The maximum atomic E-state index is 13.6. The van der Waals surface area contributed by atoms with Gasteiger partial charge < -0.3 is 15.5 Å². The molecule has 188 valence electrons. The second kappa shape index (κ2) is 10.5. The average molecular weight is 514 g/mol. The molecule has 2 aliphatic rings. The summed E-state index contributed by atoms with van der Waals surface area (Å²) in [5.74, 6) is -0.595. The van der Waals surface area contributed by atoms with Gasteiger partial charge in [-0.3, -0.25) is 19.1 Å². The molecule has 37 heavy (non-hydrogen) atoms. The monoisotopic (exact) mass is 513 g/mol. The number of nitrogens with one attached hydrogen (secondary N) is 2. The van der Waals surface area contributed by atoms with Crippen LogP contribution in [0.25, 0.3) is 6.08 Å². The Bertz CT molecular complexity index is 1420. The zero-order valence-corrected chi connectivity index (χ0v) is 21.2. The molecular weight excluding hydrogens is 486 g/mol. The highest BCUT2D eigenvalue weighted by Crippen LogP contribution is 2.30. The third-order valence-electron chi connectivity index (χ3n) is 6.35. The Labute approximate surface area is 220 Å². The number of hydrogen-bond donors (Lipinski definition) is 3. The Kier molecular flexibility index (Phi) is 6.96. The fourth-order valence-electron chi connectivity index (χ4n) is 4.19.